The van der Waals surface area contributed by atoms with Crippen molar-refractivity contribution in [1.29, 1.82) is 0 Å². The maximum Gasteiger partial charge on any atom is 0.252 e. The van der Waals surface area contributed by atoms with Crippen LogP contribution < -0.4 is 0 Å². The zero-order valence-corrected chi connectivity index (χ0v) is 8.25. The molecule has 1 aliphatic carbocycles. The van der Waals surface area contributed by atoms with Gasteiger partial charge in [-0.2, -0.15) is 0 Å². The van der Waals surface area contributed by atoms with Crippen molar-refractivity contribution in [2.45, 2.75) is 25.2 Å². The number of rotatable bonds is 2. The lowest BCUT2D eigenvalue weighted by Crippen LogP contribution is -2.37. The fraction of sp³-hybridized carbons (Fsp3) is 1.00. The lowest BCUT2D eigenvalue weighted by Gasteiger charge is -2.32. The molecule has 0 aromatic carbocycles. The molecule has 0 aromatic heterocycles. The highest BCUT2D eigenvalue weighted by Gasteiger charge is 2.50. The molecule has 0 radical (unpaired) electrons. The van der Waals surface area contributed by atoms with E-state index < -0.39 is 11.8 Å². The van der Waals surface area contributed by atoms with Crippen molar-refractivity contribution in [3.63, 3.8) is 0 Å². The zero-order valence-electron chi connectivity index (χ0n) is 8.25. The summed E-state index contributed by atoms with van der Waals surface area (Å²) in [4.78, 5) is 1.97. The van der Waals surface area contributed by atoms with Gasteiger partial charge in [-0.05, 0) is 18.8 Å². The van der Waals surface area contributed by atoms with Crippen molar-refractivity contribution in [2.75, 3.05) is 26.2 Å². The molecular formula is C10H17F2NO. The van der Waals surface area contributed by atoms with Gasteiger partial charge in [0.2, 0.25) is 0 Å². The molecule has 2 atom stereocenters. The van der Waals surface area contributed by atoms with Gasteiger partial charge in [0, 0.05) is 32.0 Å². The molecule has 1 saturated heterocycles. The Bertz CT molecular complexity index is 210. The topological polar surface area (TPSA) is 23.5 Å². The number of hydrogen-bond donors (Lipinski definition) is 1. The Kier molecular flexibility index (Phi) is 2.75. The average Bonchev–Trinajstić information content (AvgIpc) is 2.49. The third-order valence-electron chi connectivity index (χ3n) is 3.56. The number of likely N-dealkylation sites (tertiary alicyclic amines) is 1. The standard InChI is InChI=1S/C10H17F2NO/c11-10(12)3-1-2-8-6-13(4-5-14)7-9(8)10/h8-9,14H,1-7H2/t8-,9-/m1/s1. The Morgan fingerprint density at radius 2 is 2.14 bits per heavy atom. The Morgan fingerprint density at radius 3 is 2.79 bits per heavy atom. The van der Waals surface area contributed by atoms with Crippen LogP contribution in [0.15, 0.2) is 0 Å². The Hall–Kier alpha value is -0.220. The Labute approximate surface area is 82.9 Å². The summed E-state index contributed by atoms with van der Waals surface area (Å²) in [6.07, 6.45) is 1.64. The summed E-state index contributed by atoms with van der Waals surface area (Å²) < 4.78 is 27.0. The number of hydrogen-bond acceptors (Lipinski definition) is 2. The molecule has 0 unspecified atom stereocenters. The number of aliphatic hydroxyl groups is 1. The van der Waals surface area contributed by atoms with Crippen LogP contribution in [-0.4, -0.2) is 42.2 Å². The minimum Gasteiger partial charge on any atom is -0.395 e. The maximum absolute atomic E-state index is 13.5. The Balaban J connectivity index is 2.01. The first-order valence-corrected chi connectivity index (χ1v) is 5.34. The molecular weight excluding hydrogens is 188 g/mol. The first-order chi connectivity index (χ1) is 6.63. The summed E-state index contributed by atoms with van der Waals surface area (Å²) in [5.41, 5.74) is 0. The molecule has 4 heteroatoms. The molecule has 0 bridgehead atoms. The predicted molar refractivity (Wildman–Crippen MR) is 49.3 cm³/mol. The fourth-order valence-electron chi connectivity index (χ4n) is 2.84. The molecule has 2 nitrogen and oxygen atoms in total. The lowest BCUT2D eigenvalue weighted by atomic mass is 9.79. The van der Waals surface area contributed by atoms with Crippen LogP contribution in [0.3, 0.4) is 0 Å². The minimum absolute atomic E-state index is 0.0567. The molecule has 1 N–H and O–H groups in total. The van der Waals surface area contributed by atoms with Crippen molar-refractivity contribution >= 4 is 0 Å². The second kappa shape index (κ2) is 3.74. The zero-order chi connectivity index (χ0) is 10.2. The van der Waals surface area contributed by atoms with Gasteiger partial charge in [-0.3, -0.25) is 0 Å². The van der Waals surface area contributed by atoms with Gasteiger partial charge in [-0.15, -0.1) is 0 Å². The van der Waals surface area contributed by atoms with E-state index in [1.54, 1.807) is 0 Å². The third kappa shape index (κ3) is 1.77. The van der Waals surface area contributed by atoms with Gasteiger partial charge in [0.15, 0.2) is 0 Å². The number of aliphatic hydroxyl groups excluding tert-OH is 1. The molecule has 0 amide bonds. The van der Waals surface area contributed by atoms with E-state index in [9.17, 15) is 8.78 Å². The summed E-state index contributed by atoms with van der Waals surface area (Å²) in [6.45, 7) is 1.84. The van der Waals surface area contributed by atoms with E-state index >= 15 is 0 Å². The molecule has 1 saturated carbocycles. The maximum atomic E-state index is 13.5. The van der Waals surface area contributed by atoms with Crippen LogP contribution in [0, 0.1) is 11.8 Å². The highest BCUT2D eigenvalue weighted by atomic mass is 19.3. The number of alkyl halides is 2. The van der Waals surface area contributed by atoms with Gasteiger partial charge in [0.25, 0.3) is 5.92 Å². The number of fused-ring (bicyclic) bond motifs is 1. The van der Waals surface area contributed by atoms with Crippen LogP contribution in [0.2, 0.25) is 0 Å². The van der Waals surface area contributed by atoms with E-state index in [0.29, 0.717) is 19.5 Å². The van der Waals surface area contributed by atoms with Crippen molar-refractivity contribution in [3.8, 4) is 0 Å². The highest BCUT2D eigenvalue weighted by molar-refractivity contribution is 4.95. The van der Waals surface area contributed by atoms with E-state index in [1.165, 1.54) is 0 Å². The van der Waals surface area contributed by atoms with Crippen molar-refractivity contribution in [2.24, 2.45) is 11.8 Å². The lowest BCUT2D eigenvalue weighted by molar-refractivity contribution is -0.0946. The van der Waals surface area contributed by atoms with Gasteiger partial charge < -0.3 is 10.0 Å². The summed E-state index contributed by atoms with van der Waals surface area (Å²) in [5, 5.41) is 8.76. The van der Waals surface area contributed by atoms with Crippen LogP contribution in [0.1, 0.15) is 19.3 Å². The predicted octanol–water partition coefficient (Wildman–Crippen LogP) is 1.35. The van der Waals surface area contributed by atoms with Gasteiger partial charge in [0.1, 0.15) is 0 Å². The van der Waals surface area contributed by atoms with Crippen LogP contribution in [0.4, 0.5) is 8.78 Å². The largest absolute Gasteiger partial charge is 0.395 e. The van der Waals surface area contributed by atoms with Crippen molar-refractivity contribution in [3.05, 3.63) is 0 Å². The fourth-order valence-corrected chi connectivity index (χ4v) is 2.84. The monoisotopic (exact) mass is 205 g/mol. The van der Waals surface area contributed by atoms with Gasteiger partial charge in [-0.1, -0.05) is 0 Å². The first-order valence-electron chi connectivity index (χ1n) is 5.34. The smallest absolute Gasteiger partial charge is 0.252 e. The molecule has 82 valence electrons. The molecule has 0 spiro atoms. The molecule has 0 aromatic rings. The van der Waals surface area contributed by atoms with E-state index in [1.807, 2.05) is 4.90 Å². The van der Waals surface area contributed by atoms with Crippen LogP contribution in [0.5, 0.6) is 0 Å². The Morgan fingerprint density at radius 1 is 1.36 bits per heavy atom. The van der Waals surface area contributed by atoms with Crippen LogP contribution >= 0.6 is 0 Å². The van der Waals surface area contributed by atoms with E-state index in [-0.39, 0.29) is 18.9 Å². The van der Waals surface area contributed by atoms with Gasteiger partial charge >= 0.3 is 0 Å². The highest BCUT2D eigenvalue weighted by Crippen LogP contribution is 2.45. The number of halogens is 2. The molecule has 14 heavy (non-hydrogen) atoms. The van der Waals surface area contributed by atoms with Crippen LogP contribution in [0.25, 0.3) is 0 Å². The minimum atomic E-state index is -2.47. The van der Waals surface area contributed by atoms with E-state index in [2.05, 4.69) is 0 Å². The second-order valence-electron chi connectivity index (χ2n) is 4.50. The molecule has 1 aliphatic heterocycles. The van der Waals surface area contributed by atoms with Gasteiger partial charge in [0.05, 0.1) is 6.61 Å². The average molecular weight is 205 g/mol. The normalized spacial score (nSPS) is 37.1. The summed E-state index contributed by atoms with van der Waals surface area (Å²) in [7, 11) is 0. The molecule has 2 rings (SSSR count). The van der Waals surface area contributed by atoms with Crippen LogP contribution in [-0.2, 0) is 0 Å². The summed E-state index contributed by atoms with van der Waals surface area (Å²) in [6, 6.07) is 0. The number of nitrogens with zero attached hydrogens (tertiary/aromatic N) is 1. The molecule has 1 heterocycles. The summed E-state index contributed by atoms with van der Waals surface area (Å²) >= 11 is 0. The van der Waals surface area contributed by atoms with Crippen molar-refractivity contribution < 1.29 is 13.9 Å². The van der Waals surface area contributed by atoms with E-state index in [4.69, 9.17) is 5.11 Å². The first kappa shape index (κ1) is 10.3. The quantitative estimate of drug-likeness (QED) is 0.735. The summed E-state index contributed by atoms with van der Waals surface area (Å²) in [5.74, 6) is -2.76. The third-order valence-corrected chi connectivity index (χ3v) is 3.56. The van der Waals surface area contributed by atoms with Crippen molar-refractivity contribution in [1.82, 2.24) is 4.90 Å². The number of β-amino-alcohol motifs (C(OH)–C–C–N with tert-alkyl or cyclic N) is 1. The molecule has 2 aliphatic rings. The van der Waals surface area contributed by atoms with E-state index in [0.717, 1.165) is 13.0 Å². The molecule has 2 fully saturated rings. The van der Waals surface area contributed by atoms with Gasteiger partial charge in [-0.25, -0.2) is 8.78 Å². The SMILES string of the molecule is OCCN1C[C@H]2CCCC(F)(F)[C@@H]2C1. The second-order valence-corrected chi connectivity index (χ2v) is 4.50.